The zero-order valence-electron chi connectivity index (χ0n) is 16.9. The molecule has 0 atom stereocenters. The van der Waals surface area contributed by atoms with Crippen LogP contribution in [0.25, 0.3) is 16.9 Å². The molecule has 0 bridgehead atoms. The van der Waals surface area contributed by atoms with Crippen molar-refractivity contribution in [2.24, 2.45) is 0 Å². The lowest BCUT2D eigenvalue weighted by Gasteiger charge is -2.10. The minimum absolute atomic E-state index is 0.0489. The van der Waals surface area contributed by atoms with Crippen molar-refractivity contribution in [2.45, 2.75) is 11.9 Å². The number of ether oxygens (including phenoxy) is 1. The number of esters is 1. The first kappa shape index (κ1) is 21.7. The monoisotopic (exact) mass is 468 g/mol. The van der Waals surface area contributed by atoms with E-state index in [1.54, 1.807) is 54.1 Å². The van der Waals surface area contributed by atoms with Gasteiger partial charge in [-0.3, -0.25) is 4.79 Å². The highest BCUT2D eigenvalue weighted by molar-refractivity contribution is 8.00. The summed E-state index contributed by atoms with van der Waals surface area (Å²) in [6, 6.07) is 13.8. The molecule has 0 saturated carbocycles. The molecule has 0 fully saturated rings. The van der Waals surface area contributed by atoms with Crippen molar-refractivity contribution in [3.63, 3.8) is 0 Å². The third kappa shape index (κ3) is 4.71. The van der Waals surface area contributed by atoms with Gasteiger partial charge in [0.15, 0.2) is 11.2 Å². The van der Waals surface area contributed by atoms with Gasteiger partial charge in [-0.25, -0.2) is 14.8 Å². The molecule has 2 aromatic carbocycles. The largest absolute Gasteiger partial charge is 0.462 e. The molecular formula is C21H17ClN6O3S. The van der Waals surface area contributed by atoms with Gasteiger partial charge in [0.25, 0.3) is 0 Å². The summed E-state index contributed by atoms with van der Waals surface area (Å²) in [4.78, 5) is 33.1. The molecule has 11 heteroatoms. The van der Waals surface area contributed by atoms with Gasteiger partial charge in [0.1, 0.15) is 11.4 Å². The molecule has 32 heavy (non-hydrogen) atoms. The quantitative estimate of drug-likeness (QED) is 0.248. The predicted octanol–water partition coefficient (Wildman–Crippen LogP) is 3.77. The van der Waals surface area contributed by atoms with Gasteiger partial charge in [0, 0.05) is 5.02 Å². The number of anilines is 1. The standard InChI is InChI=1S/C21H17ClN6O3S/c1-2-31-21(30)15-8-3-4-9-16(15)25-17(29)11-32-20-18-19(23-12-24-20)28(27-26-18)14-7-5-6-13(22)10-14/h3-10,12H,2,11H2,1H3,(H,25,29). The van der Waals surface area contributed by atoms with Crippen LogP contribution in [-0.2, 0) is 9.53 Å². The Balaban J connectivity index is 1.50. The molecule has 162 valence electrons. The lowest BCUT2D eigenvalue weighted by Crippen LogP contribution is -2.17. The van der Waals surface area contributed by atoms with Crippen molar-refractivity contribution in [1.82, 2.24) is 25.0 Å². The number of amides is 1. The van der Waals surface area contributed by atoms with E-state index in [0.29, 0.717) is 38.2 Å². The zero-order chi connectivity index (χ0) is 22.5. The van der Waals surface area contributed by atoms with Gasteiger partial charge in [-0.2, -0.15) is 4.68 Å². The maximum absolute atomic E-state index is 12.5. The maximum atomic E-state index is 12.5. The number of halogens is 1. The number of aromatic nitrogens is 5. The van der Waals surface area contributed by atoms with E-state index in [1.165, 1.54) is 18.1 Å². The van der Waals surface area contributed by atoms with E-state index in [1.807, 2.05) is 6.07 Å². The van der Waals surface area contributed by atoms with Crippen LogP contribution in [0.15, 0.2) is 59.9 Å². The maximum Gasteiger partial charge on any atom is 0.340 e. The molecule has 0 aliphatic rings. The van der Waals surface area contributed by atoms with Crippen LogP contribution in [0.5, 0.6) is 0 Å². The number of para-hydroxylation sites is 1. The molecule has 1 N–H and O–H groups in total. The average molecular weight is 469 g/mol. The Hall–Kier alpha value is -3.50. The number of carbonyl (C=O) groups is 2. The second kappa shape index (κ2) is 9.75. The SMILES string of the molecule is CCOC(=O)c1ccccc1NC(=O)CSc1ncnc2c1nnn2-c1cccc(Cl)c1. The Kier molecular flexibility index (Phi) is 6.62. The first-order chi connectivity index (χ1) is 15.6. The summed E-state index contributed by atoms with van der Waals surface area (Å²) < 4.78 is 6.59. The van der Waals surface area contributed by atoms with Crippen LogP contribution in [0, 0.1) is 0 Å². The van der Waals surface area contributed by atoms with Crippen LogP contribution in [0.3, 0.4) is 0 Å². The van der Waals surface area contributed by atoms with Gasteiger partial charge < -0.3 is 10.1 Å². The van der Waals surface area contributed by atoms with Gasteiger partial charge in [-0.15, -0.1) is 5.10 Å². The summed E-state index contributed by atoms with van der Waals surface area (Å²) in [6.07, 6.45) is 1.39. The second-order valence-electron chi connectivity index (χ2n) is 6.44. The molecule has 2 aromatic heterocycles. The van der Waals surface area contributed by atoms with Crippen molar-refractivity contribution in [1.29, 1.82) is 0 Å². The van der Waals surface area contributed by atoms with Crippen LogP contribution >= 0.6 is 23.4 Å². The Morgan fingerprint density at radius 2 is 2.00 bits per heavy atom. The average Bonchev–Trinajstić information content (AvgIpc) is 3.23. The van der Waals surface area contributed by atoms with Crippen LogP contribution < -0.4 is 5.32 Å². The minimum Gasteiger partial charge on any atom is -0.462 e. The van der Waals surface area contributed by atoms with Gasteiger partial charge >= 0.3 is 5.97 Å². The zero-order valence-corrected chi connectivity index (χ0v) is 18.4. The molecule has 4 rings (SSSR count). The second-order valence-corrected chi connectivity index (χ2v) is 7.84. The summed E-state index contributed by atoms with van der Waals surface area (Å²) >= 11 is 7.26. The molecule has 0 saturated heterocycles. The van der Waals surface area contributed by atoms with E-state index in [2.05, 4.69) is 25.6 Å². The third-order valence-electron chi connectivity index (χ3n) is 4.29. The summed E-state index contributed by atoms with van der Waals surface area (Å²) in [6.45, 7) is 1.97. The molecule has 2 heterocycles. The number of hydrogen-bond donors (Lipinski definition) is 1. The Morgan fingerprint density at radius 1 is 1.16 bits per heavy atom. The summed E-state index contributed by atoms with van der Waals surface area (Å²) in [5.74, 6) is -0.750. The molecule has 0 aliphatic carbocycles. The molecular weight excluding hydrogens is 452 g/mol. The predicted molar refractivity (Wildman–Crippen MR) is 121 cm³/mol. The molecule has 0 aliphatic heterocycles. The van der Waals surface area contributed by atoms with Crippen molar-refractivity contribution < 1.29 is 14.3 Å². The van der Waals surface area contributed by atoms with Crippen LogP contribution in [0.4, 0.5) is 5.69 Å². The minimum atomic E-state index is -0.494. The van der Waals surface area contributed by atoms with Gasteiger partial charge in [-0.1, -0.05) is 46.8 Å². The fourth-order valence-electron chi connectivity index (χ4n) is 2.91. The number of hydrogen-bond acceptors (Lipinski definition) is 8. The Bertz CT molecular complexity index is 1300. The molecule has 0 spiro atoms. The van der Waals surface area contributed by atoms with E-state index in [9.17, 15) is 9.59 Å². The fraction of sp³-hybridized carbons (Fsp3) is 0.143. The van der Waals surface area contributed by atoms with Crippen LogP contribution in [-0.4, -0.2) is 49.2 Å². The highest BCUT2D eigenvalue weighted by Gasteiger charge is 2.17. The number of carbonyl (C=O) groups excluding carboxylic acids is 2. The van der Waals surface area contributed by atoms with Crippen LogP contribution in [0.2, 0.25) is 5.02 Å². The number of benzene rings is 2. The van der Waals surface area contributed by atoms with Gasteiger partial charge in [-0.05, 0) is 37.3 Å². The third-order valence-corrected chi connectivity index (χ3v) is 5.51. The number of fused-ring (bicyclic) bond motifs is 1. The van der Waals surface area contributed by atoms with Crippen LogP contribution in [0.1, 0.15) is 17.3 Å². The number of nitrogens with one attached hydrogen (secondary N) is 1. The number of rotatable bonds is 7. The van der Waals surface area contributed by atoms with E-state index in [0.717, 1.165) is 0 Å². The first-order valence-corrected chi connectivity index (χ1v) is 10.9. The molecule has 0 radical (unpaired) electrons. The number of nitrogens with zero attached hydrogens (tertiary/aromatic N) is 5. The Morgan fingerprint density at radius 3 is 2.81 bits per heavy atom. The van der Waals surface area contributed by atoms with Crippen molar-refractivity contribution in [2.75, 3.05) is 17.7 Å². The highest BCUT2D eigenvalue weighted by atomic mass is 35.5. The van der Waals surface area contributed by atoms with E-state index in [4.69, 9.17) is 16.3 Å². The fourth-order valence-corrected chi connectivity index (χ4v) is 3.83. The molecule has 0 unspecified atom stereocenters. The topological polar surface area (TPSA) is 112 Å². The van der Waals surface area contributed by atoms with Gasteiger partial charge in [0.05, 0.1) is 29.3 Å². The molecule has 4 aromatic rings. The van der Waals surface area contributed by atoms with E-state index >= 15 is 0 Å². The van der Waals surface area contributed by atoms with E-state index in [-0.39, 0.29) is 18.3 Å². The molecule has 1 amide bonds. The van der Waals surface area contributed by atoms with Crippen molar-refractivity contribution in [3.8, 4) is 5.69 Å². The molecule has 9 nitrogen and oxygen atoms in total. The van der Waals surface area contributed by atoms with Crippen molar-refractivity contribution >= 4 is 52.1 Å². The van der Waals surface area contributed by atoms with E-state index < -0.39 is 5.97 Å². The summed E-state index contributed by atoms with van der Waals surface area (Å²) in [5.41, 5.74) is 2.36. The smallest absolute Gasteiger partial charge is 0.340 e. The first-order valence-electron chi connectivity index (χ1n) is 9.58. The summed E-state index contributed by atoms with van der Waals surface area (Å²) in [5, 5.41) is 12.1. The van der Waals surface area contributed by atoms with Gasteiger partial charge in [0.2, 0.25) is 5.91 Å². The Labute approximate surface area is 192 Å². The number of thioether (sulfide) groups is 1. The highest BCUT2D eigenvalue weighted by Crippen LogP contribution is 2.25. The lowest BCUT2D eigenvalue weighted by atomic mass is 10.2. The van der Waals surface area contributed by atoms with Crippen molar-refractivity contribution in [3.05, 3.63) is 65.4 Å². The normalized spacial score (nSPS) is 10.8. The summed E-state index contributed by atoms with van der Waals surface area (Å²) in [7, 11) is 0. The lowest BCUT2D eigenvalue weighted by molar-refractivity contribution is -0.113.